The molecule has 1 N–H and O–H groups in total. The molecule has 0 aromatic heterocycles. The van der Waals surface area contributed by atoms with Gasteiger partial charge >= 0.3 is 5.97 Å². The van der Waals surface area contributed by atoms with Gasteiger partial charge in [-0.1, -0.05) is 30.3 Å². The monoisotopic (exact) mass is 258 g/mol. The average Bonchev–Trinajstić information content (AvgIpc) is 2.26. The number of hydrogen-bond donors (Lipinski definition) is 1. The zero-order chi connectivity index (χ0) is 14.0. The first-order chi connectivity index (χ1) is 8.85. The number of esters is 1. The van der Waals surface area contributed by atoms with E-state index >= 15 is 0 Å². The van der Waals surface area contributed by atoms with Gasteiger partial charge in [0.05, 0.1) is 6.42 Å². The van der Waals surface area contributed by atoms with E-state index in [4.69, 9.17) is 4.74 Å². The fraction of sp³-hybridized carbons (Fsp3) is 0.312. The first kappa shape index (κ1) is 13.4. The summed E-state index contributed by atoms with van der Waals surface area (Å²) in [6.07, 6.45) is 0.162. The molecule has 0 amide bonds. The molecule has 0 saturated carbocycles. The Labute approximate surface area is 112 Å². The quantitative estimate of drug-likeness (QED) is 0.839. The van der Waals surface area contributed by atoms with E-state index in [1.54, 1.807) is 6.07 Å². The first-order valence-corrected chi connectivity index (χ1v) is 6.28. The Balaban J connectivity index is 2.24. The van der Waals surface area contributed by atoms with Gasteiger partial charge in [-0.15, -0.1) is 0 Å². The Kier molecular flexibility index (Phi) is 3.47. The minimum atomic E-state index is -0.490. The van der Waals surface area contributed by atoms with Gasteiger partial charge in [0.25, 0.3) is 0 Å². The van der Waals surface area contributed by atoms with E-state index in [0.29, 0.717) is 0 Å². The highest BCUT2D eigenvalue weighted by Crippen LogP contribution is 2.26. The van der Waals surface area contributed by atoms with E-state index in [-0.39, 0.29) is 18.1 Å². The second-order valence-electron chi connectivity index (χ2n) is 5.60. The van der Waals surface area contributed by atoms with Crippen LogP contribution in [0.5, 0.6) is 5.75 Å². The van der Waals surface area contributed by atoms with E-state index < -0.39 is 5.60 Å². The van der Waals surface area contributed by atoms with Crippen molar-refractivity contribution in [3.05, 3.63) is 42.0 Å². The lowest BCUT2D eigenvalue weighted by atomic mass is 10.0. The van der Waals surface area contributed by atoms with Crippen LogP contribution in [0.2, 0.25) is 0 Å². The zero-order valence-corrected chi connectivity index (χ0v) is 11.4. The van der Waals surface area contributed by atoms with Gasteiger partial charge in [-0.05, 0) is 37.8 Å². The second-order valence-corrected chi connectivity index (χ2v) is 5.60. The summed E-state index contributed by atoms with van der Waals surface area (Å²) in [6.45, 7) is 5.51. The maximum atomic E-state index is 11.8. The molecule has 2 rings (SSSR count). The number of ether oxygens (including phenoxy) is 1. The van der Waals surface area contributed by atoms with Crippen molar-refractivity contribution in [2.24, 2.45) is 0 Å². The Hall–Kier alpha value is -2.03. The second kappa shape index (κ2) is 4.92. The van der Waals surface area contributed by atoms with Gasteiger partial charge in [-0.2, -0.15) is 0 Å². The van der Waals surface area contributed by atoms with Crippen LogP contribution in [0.25, 0.3) is 10.8 Å². The topological polar surface area (TPSA) is 46.5 Å². The minimum Gasteiger partial charge on any atom is -0.507 e. The minimum absolute atomic E-state index is 0.162. The van der Waals surface area contributed by atoms with Crippen LogP contribution < -0.4 is 0 Å². The van der Waals surface area contributed by atoms with Gasteiger partial charge in [0.1, 0.15) is 11.4 Å². The molecule has 0 spiro atoms. The summed E-state index contributed by atoms with van der Waals surface area (Å²) in [4.78, 5) is 11.8. The average molecular weight is 258 g/mol. The predicted molar refractivity (Wildman–Crippen MR) is 75.2 cm³/mol. The maximum Gasteiger partial charge on any atom is 0.310 e. The number of fused-ring (bicyclic) bond motifs is 1. The van der Waals surface area contributed by atoms with Crippen molar-refractivity contribution in [2.45, 2.75) is 32.8 Å². The molecular formula is C16H18O3. The summed E-state index contributed by atoms with van der Waals surface area (Å²) in [5.41, 5.74) is 0.265. The van der Waals surface area contributed by atoms with Crippen LogP contribution >= 0.6 is 0 Å². The normalized spacial score (nSPS) is 11.5. The molecule has 0 bridgehead atoms. The smallest absolute Gasteiger partial charge is 0.310 e. The molecule has 0 heterocycles. The number of phenolic OH excluding ortho intramolecular Hbond substituents is 1. The van der Waals surface area contributed by atoms with E-state index in [2.05, 4.69) is 0 Å². The Morgan fingerprint density at radius 2 is 1.89 bits per heavy atom. The molecule has 0 aliphatic heterocycles. The number of carbonyl (C=O) groups is 1. The van der Waals surface area contributed by atoms with Crippen LogP contribution in [0.4, 0.5) is 0 Å². The molecule has 19 heavy (non-hydrogen) atoms. The summed E-state index contributed by atoms with van der Waals surface area (Å²) in [5, 5.41) is 11.7. The Morgan fingerprint density at radius 1 is 1.21 bits per heavy atom. The van der Waals surface area contributed by atoms with Crippen LogP contribution in [-0.2, 0) is 16.0 Å². The standard InChI is InChI=1S/C16H18O3/c1-16(2,3)19-15(18)10-11-8-12-6-4-5-7-13(12)14(17)9-11/h4-9,17H,10H2,1-3H3. The molecular weight excluding hydrogens is 240 g/mol. The fourth-order valence-electron chi connectivity index (χ4n) is 2.00. The van der Waals surface area contributed by atoms with Gasteiger partial charge in [0, 0.05) is 5.39 Å². The predicted octanol–water partition coefficient (Wildman–Crippen LogP) is 3.43. The summed E-state index contributed by atoms with van der Waals surface area (Å²) >= 11 is 0. The van der Waals surface area contributed by atoms with Crippen molar-refractivity contribution in [1.82, 2.24) is 0 Å². The third-order valence-corrected chi connectivity index (χ3v) is 2.67. The highest BCUT2D eigenvalue weighted by atomic mass is 16.6. The molecule has 0 radical (unpaired) electrons. The third kappa shape index (κ3) is 3.47. The molecule has 3 heteroatoms. The van der Waals surface area contributed by atoms with E-state index in [1.807, 2.05) is 51.1 Å². The van der Waals surface area contributed by atoms with Crippen LogP contribution in [0, 0.1) is 0 Å². The summed E-state index contributed by atoms with van der Waals surface area (Å²) in [6, 6.07) is 11.1. The van der Waals surface area contributed by atoms with Crippen molar-refractivity contribution >= 4 is 16.7 Å². The zero-order valence-electron chi connectivity index (χ0n) is 11.4. The summed E-state index contributed by atoms with van der Waals surface area (Å²) in [7, 11) is 0. The Bertz CT molecular complexity index is 609. The molecule has 0 aliphatic carbocycles. The van der Waals surface area contributed by atoms with Gasteiger partial charge in [0.2, 0.25) is 0 Å². The highest BCUT2D eigenvalue weighted by Gasteiger charge is 2.17. The lowest BCUT2D eigenvalue weighted by Gasteiger charge is -2.19. The van der Waals surface area contributed by atoms with E-state index in [1.165, 1.54) is 0 Å². The third-order valence-electron chi connectivity index (χ3n) is 2.67. The highest BCUT2D eigenvalue weighted by molar-refractivity contribution is 5.89. The number of phenols is 1. The van der Waals surface area contributed by atoms with Gasteiger partial charge in [-0.3, -0.25) is 4.79 Å². The number of hydrogen-bond acceptors (Lipinski definition) is 3. The van der Waals surface area contributed by atoms with E-state index in [9.17, 15) is 9.90 Å². The molecule has 2 aromatic carbocycles. The number of aromatic hydroxyl groups is 1. The van der Waals surface area contributed by atoms with Gasteiger partial charge in [0.15, 0.2) is 0 Å². The number of carbonyl (C=O) groups excluding carboxylic acids is 1. The molecule has 0 fully saturated rings. The fourth-order valence-corrected chi connectivity index (χ4v) is 2.00. The molecule has 0 atom stereocenters. The largest absolute Gasteiger partial charge is 0.507 e. The summed E-state index contributed by atoms with van der Waals surface area (Å²) < 4.78 is 5.27. The van der Waals surface area contributed by atoms with Crippen LogP contribution in [-0.4, -0.2) is 16.7 Å². The van der Waals surface area contributed by atoms with Crippen molar-refractivity contribution in [3.8, 4) is 5.75 Å². The SMILES string of the molecule is CC(C)(C)OC(=O)Cc1cc(O)c2ccccc2c1. The van der Waals surface area contributed by atoms with Crippen molar-refractivity contribution in [3.63, 3.8) is 0 Å². The van der Waals surface area contributed by atoms with Crippen molar-refractivity contribution in [2.75, 3.05) is 0 Å². The van der Waals surface area contributed by atoms with Crippen molar-refractivity contribution in [1.29, 1.82) is 0 Å². The number of rotatable bonds is 2. The first-order valence-electron chi connectivity index (χ1n) is 6.28. The molecule has 100 valence electrons. The molecule has 0 unspecified atom stereocenters. The molecule has 0 aliphatic rings. The lowest BCUT2D eigenvalue weighted by Crippen LogP contribution is -2.24. The van der Waals surface area contributed by atoms with Gasteiger partial charge in [-0.25, -0.2) is 0 Å². The summed E-state index contributed by atoms with van der Waals surface area (Å²) in [5.74, 6) is -0.0983. The van der Waals surface area contributed by atoms with Crippen LogP contribution in [0.1, 0.15) is 26.3 Å². The lowest BCUT2D eigenvalue weighted by molar-refractivity contribution is -0.153. The Morgan fingerprint density at radius 3 is 2.58 bits per heavy atom. The van der Waals surface area contributed by atoms with Crippen LogP contribution in [0.3, 0.4) is 0 Å². The van der Waals surface area contributed by atoms with Crippen molar-refractivity contribution < 1.29 is 14.6 Å². The van der Waals surface area contributed by atoms with E-state index in [0.717, 1.165) is 16.3 Å². The molecule has 0 saturated heterocycles. The molecule has 3 nitrogen and oxygen atoms in total. The molecule has 2 aromatic rings. The maximum absolute atomic E-state index is 11.8. The van der Waals surface area contributed by atoms with Gasteiger partial charge < -0.3 is 9.84 Å². The number of benzene rings is 2. The van der Waals surface area contributed by atoms with Crippen LogP contribution in [0.15, 0.2) is 36.4 Å².